The van der Waals surface area contributed by atoms with Crippen LogP contribution in [0.4, 0.5) is 5.69 Å². The zero-order valence-electron chi connectivity index (χ0n) is 21.8. The molecule has 0 saturated heterocycles. The summed E-state index contributed by atoms with van der Waals surface area (Å²) in [7, 11) is 0. The molecule has 0 spiro atoms. The summed E-state index contributed by atoms with van der Waals surface area (Å²) >= 11 is 0. The molecule has 1 unspecified atom stereocenters. The highest BCUT2D eigenvalue weighted by Crippen LogP contribution is 2.23. The number of nitro groups is 1. The fraction of sp³-hybridized carbons (Fsp3) is 0.355. The van der Waals surface area contributed by atoms with Crippen LogP contribution in [-0.2, 0) is 29.0 Å². The van der Waals surface area contributed by atoms with Gasteiger partial charge >= 0.3 is 0 Å². The van der Waals surface area contributed by atoms with Gasteiger partial charge in [-0.05, 0) is 30.9 Å². The number of nitrogens with zero attached hydrogens (tertiary/aromatic N) is 2. The van der Waals surface area contributed by atoms with E-state index in [1.807, 2.05) is 61.5 Å². The predicted molar refractivity (Wildman–Crippen MR) is 147 cm³/mol. The van der Waals surface area contributed by atoms with Gasteiger partial charge in [0.1, 0.15) is 6.04 Å². The van der Waals surface area contributed by atoms with Gasteiger partial charge in [-0.15, -0.1) is 0 Å². The van der Waals surface area contributed by atoms with Crippen molar-refractivity contribution >= 4 is 17.5 Å². The van der Waals surface area contributed by atoms with Gasteiger partial charge in [0, 0.05) is 30.6 Å². The molecule has 1 N–H and O–H groups in total. The molecule has 0 aromatic heterocycles. The van der Waals surface area contributed by atoms with Gasteiger partial charge in [0.2, 0.25) is 11.8 Å². The lowest BCUT2D eigenvalue weighted by molar-refractivity contribution is -0.385. The maximum absolute atomic E-state index is 13.9. The molecule has 1 atom stereocenters. The van der Waals surface area contributed by atoms with Crippen LogP contribution in [0.2, 0.25) is 0 Å². The Kier molecular flexibility index (Phi) is 9.25. The molecule has 38 heavy (non-hydrogen) atoms. The van der Waals surface area contributed by atoms with Crippen molar-refractivity contribution in [1.82, 2.24) is 10.2 Å². The Morgan fingerprint density at radius 1 is 0.921 bits per heavy atom. The minimum absolute atomic E-state index is 0.0950. The normalized spacial score (nSPS) is 14.4. The maximum atomic E-state index is 13.9. The molecule has 1 aliphatic rings. The molecule has 0 aliphatic heterocycles. The quantitative estimate of drug-likeness (QED) is 0.285. The average Bonchev–Trinajstić information content (AvgIpc) is 2.93. The first-order valence-corrected chi connectivity index (χ1v) is 13.3. The molecular formula is C31H35N3O4. The first-order valence-electron chi connectivity index (χ1n) is 13.3. The fourth-order valence-corrected chi connectivity index (χ4v) is 5.09. The number of carbonyl (C=O) groups is 2. The minimum Gasteiger partial charge on any atom is -0.352 e. The van der Waals surface area contributed by atoms with E-state index in [9.17, 15) is 19.7 Å². The number of hydrogen-bond donors (Lipinski definition) is 1. The zero-order chi connectivity index (χ0) is 26.9. The van der Waals surface area contributed by atoms with E-state index in [4.69, 9.17) is 0 Å². The summed E-state index contributed by atoms with van der Waals surface area (Å²) in [5, 5.41) is 14.8. The summed E-state index contributed by atoms with van der Waals surface area (Å²) in [6, 6.07) is 23.2. The van der Waals surface area contributed by atoms with Gasteiger partial charge in [0.25, 0.3) is 5.69 Å². The minimum atomic E-state index is -0.754. The SMILES string of the molecule is Cc1ccc(CN(C(=O)Cc2ccccc2[N+](=O)[O-])C(Cc2ccccc2)C(=O)NC2CCCCC2)cc1. The van der Waals surface area contributed by atoms with Gasteiger partial charge < -0.3 is 10.2 Å². The highest BCUT2D eigenvalue weighted by atomic mass is 16.6. The van der Waals surface area contributed by atoms with Crippen molar-refractivity contribution in [3.05, 3.63) is 111 Å². The van der Waals surface area contributed by atoms with Crippen molar-refractivity contribution in [2.45, 2.75) is 70.5 Å². The van der Waals surface area contributed by atoms with E-state index >= 15 is 0 Å². The number of benzene rings is 3. The van der Waals surface area contributed by atoms with Crippen LogP contribution in [0.1, 0.15) is 54.4 Å². The topological polar surface area (TPSA) is 92.6 Å². The Hall–Kier alpha value is -4.00. The molecule has 0 heterocycles. The fourth-order valence-electron chi connectivity index (χ4n) is 5.09. The third kappa shape index (κ3) is 7.28. The monoisotopic (exact) mass is 513 g/mol. The number of nitro benzene ring substituents is 1. The van der Waals surface area contributed by atoms with Gasteiger partial charge in [0.05, 0.1) is 11.3 Å². The molecule has 2 amide bonds. The van der Waals surface area contributed by atoms with Crippen molar-refractivity contribution in [2.24, 2.45) is 0 Å². The van der Waals surface area contributed by atoms with E-state index in [1.54, 1.807) is 23.1 Å². The summed E-state index contributed by atoms with van der Waals surface area (Å²) in [6.07, 6.45) is 5.40. The lowest BCUT2D eigenvalue weighted by atomic mass is 9.94. The van der Waals surface area contributed by atoms with Crippen LogP contribution in [0.3, 0.4) is 0 Å². The van der Waals surface area contributed by atoms with E-state index < -0.39 is 11.0 Å². The molecule has 1 aliphatic carbocycles. The number of carbonyl (C=O) groups excluding carboxylic acids is 2. The zero-order valence-corrected chi connectivity index (χ0v) is 21.8. The first-order chi connectivity index (χ1) is 18.4. The van der Waals surface area contributed by atoms with Gasteiger partial charge in [0.15, 0.2) is 0 Å². The van der Waals surface area contributed by atoms with Crippen LogP contribution in [0.25, 0.3) is 0 Å². The summed E-state index contributed by atoms with van der Waals surface area (Å²) in [6.45, 7) is 2.23. The van der Waals surface area contributed by atoms with Gasteiger partial charge in [-0.2, -0.15) is 0 Å². The predicted octanol–water partition coefficient (Wildman–Crippen LogP) is 5.53. The number of amides is 2. The molecule has 1 saturated carbocycles. The third-order valence-corrected chi connectivity index (χ3v) is 7.23. The molecule has 7 heteroatoms. The van der Waals surface area contributed by atoms with E-state index in [0.717, 1.165) is 42.4 Å². The molecule has 3 aromatic rings. The van der Waals surface area contributed by atoms with E-state index in [0.29, 0.717) is 12.0 Å². The lowest BCUT2D eigenvalue weighted by Gasteiger charge is -2.33. The number of rotatable bonds is 10. The molecule has 7 nitrogen and oxygen atoms in total. The van der Waals surface area contributed by atoms with Crippen molar-refractivity contribution < 1.29 is 14.5 Å². The lowest BCUT2D eigenvalue weighted by Crippen LogP contribution is -2.53. The molecule has 198 valence electrons. The van der Waals surface area contributed by atoms with Crippen molar-refractivity contribution in [2.75, 3.05) is 0 Å². The second-order valence-corrected chi connectivity index (χ2v) is 10.1. The van der Waals surface area contributed by atoms with Crippen LogP contribution >= 0.6 is 0 Å². The van der Waals surface area contributed by atoms with Crippen LogP contribution in [-0.4, -0.2) is 33.7 Å². The Morgan fingerprint density at radius 3 is 2.26 bits per heavy atom. The van der Waals surface area contributed by atoms with Crippen LogP contribution < -0.4 is 5.32 Å². The Bertz CT molecular complexity index is 1240. The Labute approximate surface area is 224 Å². The highest BCUT2D eigenvalue weighted by molar-refractivity contribution is 5.89. The number of hydrogen-bond acceptors (Lipinski definition) is 4. The van der Waals surface area contributed by atoms with Crippen LogP contribution in [0.5, 0.6) is 0 Å². The number of aryl methyl sites for hydroxylation is 1. The van der Waals surface area contributed by atoms with Crippen molar-refractivity contribution in [1.29, 1.82) is 0 Å². The summed E-state index contributed by atoms with van der Waals surface area (Å²) in [4.78, 5) is 40.5. The molecule has 0 radical (unpaired) electrons. The maximum Gasteiger partial charge on any atom is 0.273 e. The second-order valence-electron chi connectivity index (χ2n) is 10.1. The summed E-state index contributed by atoms with van der Waals surface area (Å²) in [5.41, 5.74) is 3.19. The molecule has 4 rings (SSSR count). The largest absolute Gasteiger partial charge is 0.352 e. The second kappa shape index (κ2) is 13.0. The molecule has 0 bridgehead atoms. The molecule has 3 aromatic carbocycles. The van der Waals surface area contributed by atoms with Gasteiger partial charge in [-0.25, -0.2) is 0 Å². The van der Waals surface area contributed by atoms with E-state index in [1.165, 1.54) is 12.5 Å². The summed E-state index contributed by atoms with van der Waals surface area (Å²) < 4.78 is 0. The molecular weight excluding hydrogens is 478 g/mol. The standard InChI is InChI=1S/C31H35N3O4/c1-23-16-18-25(19-17-23)22-33(30(35)21-26-12-8-9-15-28(26)34(37)38)29(20-24-10-4-2-5-11-24)31(36)32-27-13-6-3-7-14-27/h2,4-5,8-12,15-19,27,29H,3,6-7,13-14,20-22H2,1H3,(H,32,36). The van der Waals surface area contributed by atoms with Gasteiger partial charge in [-0.1, -0.05) is 97.6 Å². The Balaban J connectivity index is 1.68. The number of nitrogens with one attached hydrogen (secondary N) is 1. The highest BCUT2D eigenvalue weighted by Gasteiger charge is 2.32. The number of para-hydroxylation sites is 1. The van der Waals surface area contributed by atoms with Gasteiger partial charge in [-0.3, -0.25) is 19.7 Å². The first kappa shape index (κ1) is 27.0. The molecule has 1 fully saturated rings. The average molecular weight is 514 g/mol. The third-order valence-electron chi connectivity index (χ3n) is 7.23. The Morgan fingerprint density at radius 2 is 1.58 bits per heavy atom. The van der Waals surface area contributed by atoms with E-state index in [2.05, 4.69) is 5.32 Å². The van der Waals surface area contributed by atoms with Crippen LogP contribution in [0.15, 0.2) is 78.9 Å². The van der Waals surface area contributed by atoms with E-state index in [-0.39, 0.29) is 36.5 Å². The van der Waals surface area contributed by atoms with Crippen LogP contribution in [0, 0.1) is 17.0 Å². The van der Waals surface area contributed by atoms with Crippen molar-refractivity contribution in [3.63, 3.8) is 0 Å². The smallest absolute Gasteiger partial charge is 0.273 e. The van der Waals surface area contributed by atoms with Crippen molar-refractivity contribution in [3.8, 4) is 0 Å². The summed E-state index contributed by atoms with van der Waals surface area (Å²) in [5.74, 6) is -0.497.